The molecule has 1 amide bonds. The molecule has 6 heteroatoms. The van der Waals surface area contributed by atoms with E-state index in [0.717, 1.165) is 18.4 Å². The van der Waals surface area contributed by atoms with Gasteiger partial charge in [0.2, 0.25) is 0 Å². The van der Waals surface area contributed by atoms with Gasteiger partial charge < -0.3 is 15.1 Å². The Labute approximate surface area is 134 Å². The third-order valence-electron chi connectivity index (χ3n) is 4.03. The van der Waals surface area contributed by atoms with Gasteiger partial charge in [0.25, 0.3) is 5.91 Å². The molecule has 1 unspecified atom stereocenters. The molecule has 114 valence electrons. The SMILES string of the molecule is CC1(CN)CCN(C(=O)c2cc3cc(Cl)ccc3o2)C1.Cl. The van der Waals surface area contributed by atoms with Gasteiger partial charge in [-0.3, -0.25) is 4.79 Å². The zero-order chi connectivity index (χ0) is 14.3. The number of carbonyl (C=O) groups is 1. The van der Waals surface area contributed by atoms with E-state index in [9.17, 15) is 4.79 Å². The van der Waals surface area contributed by atoms with Gasteiger partial charge >= 0.3 is 0 Å². The van der Waals surface area contributed by atoms with Crippen LogP contribution in [0.3, 0.4) is 0 Å². The van der Waals surface area contributed by atoms with Crippen LogP contribution in [0.2, 0.25) is 5.02 Å². The van der Waals surface area contributed by atoms with Gasteiger partial charge in [0.15, 0.2) is 5.76 Å². The highest BCUT2D eigenvalue weighted by molar-refractivity contribution is 6.31. The van der Waals surface area contributed by atoms with E-state index < -0.39 is 0 Å². The van der Waals surface area contributed by atoms with Gasteiger partial charge in [0.1, 0.15) is 5.58 Å². The second-order valence-corrected chi connectivity index (χ2v) is 6.22. The van der Waals surface area contributed by atoms with Crippen molar-refractivity contribution in [3.05, 3.63) is 35.0 Å². The number of hydrogen-bond donors (Lipinski definition) is 1. The van der Waals surface area contributed by atoms with Gasteiger partial charge in [-0.25, -0.2) is 0 Å². The zero-order valence-corrected chi connectivity index (χ0v) is 13.3. The van der Waals surface area contributed by atoms with Crippen molar-refractivity contribution in [1.29, 1.82) is 0 Å². The number of hydrogen-bond acceptors (Lipinski definition) is 3. The summed E-state index contributed by atoms with van der Waals surface area (Å²) in [5, 5.41) is 1.48. The minimum Gasteiger partial charge on any atom is -0.451 e. The van der Waals surface area contributed by atoms with Crippen LogP contribution in [0.4, 0.5) is 0 Å². The lowest BCUT2D eigenvalue weighted by atomic mass is 9.90. The molecule has 2 heterocycles. The number of rotatable bonds is 2. The van der Waals surface area contributed by atoms with Crippen LogP contribution in [0.1, 0.15) is 23.9 Å². The van der Waals surface area contributed by atoms with Crippen LogP contribution >= 0.6 is 24.0 Å². The third kappa shape index (κ3) is 3.03. The molecule has 3 rings (SSSR count). The molecular weight excluding hydrogens is 311 g/mol. The average molecular weight is 329 g/mol. The first-order valence-electron chi connectivity index (χ1n) is 6.69. The van der Waals surface area contributed by atoms with E-state index in [-0.39, 0.29) is 23.7 Å². The Kier molecular flexibility index (Phi) is 4.51. The quantitative estimate of drug-likeness (QED) is 0.919. The first-order valence-corrected chi connectivity index (χ1v) is 7.07. The summed E-state index contributed by atoms with van der Waals surface area (Å²) in [7, 11) is 0. The molecule has 1 aliphatic rings. The molecule has 21 heavy (non-hydrogen) atoms. The van der Waals surface area contributed by atoms with Crippen molar-refractivity contribution in [2.24, 2.45) is 11.1 Å². The molecule has 2 N–H and O–H groups in total. The topological polar surface area (TPSA) is 59.5 Å². The predicted octanol–water partition coefficient (Wildman–Crippen LogP) is 3.32. The Morgan fingerprint density at radius 3 is 2.90 bits per heavy atom. The van der Waals surface area contributed by atoms with E-state index in [1.165, 1.54) is 0 Å². The van der Waals surface area contributed by atoms with Crippen molar-refractivity contribution in [2.75, 3.05) is 19.6 Å². The van der Waals surface area contributed by atoms with E-state index in [1.54, 1.807) is 24.3 Å². The van der Waals surface area contributed by atoms with Crippen molar-refractivity contribution in [1.82, 2.24) is 4.90 Å². The van der Waals surface area contributed by atoms with Crippen molar-refractivity contribution in [3.8, 4) is 0 Å². The van der Waals surface area contributed by atoms with Crippen LogP contribution in [0.25, 0.3) is 11.0 Å². The molecule has 0 bridgehead atoms. The highest BCUT2D eigenvalue weighted by Gasteiger charge is 2.36. The Morgan fingerprint density at radius 1 is 1.48 bits per heavy atom. The minimum atomic E-state index is -0.0745. The number of benzene rings is 1. The minimum absolute atomic E-state index is 0. The van der Waals surface area contributed by atoms with Gasteiger partial charge in [-0.1, -0.05) is 18.5 Å². The molecule has 1 aliphatic heterocycles. The molecular formula is C15H18Cl2N2O2. The van der Waals surface area contributed by atoms with Crippen LogP contribution in [0.5, 0.6) is 0 Å². The molecule has 0 radical (unpaired) electrons. The van der Waals surface area contributed by atoms with E-state index >= 15 is 0 Å². The predicted molar refractivity (Wildman–Crippen MR) is 86.2 cm³/mol. The normalized spacial score (nSPS) is 21.6. The van der Waals surface area contributed by atoms with Crippen molar-refractivity contribution in [3.63, 3.8) is 0 Å². The first kappa shape index (κ1) is 16.1. The van der Waals surface area contributed by atoms with Gasteiger partial charge in [-0.2, -0.15) is 0 Å². The van der Waals surface area contributed by atoms with Crippen LogP contribution in [0, 0.1) is 5.41 Å². The molecule has 1 aromatic carbocycles. The largest absolute Gasteiger partial charge is 0.451 e. The molecule has 1 fully saturated rings. The van der Waals surface area contributed by atoms with Crippen molar-refractivity contribution in [2.45, 2.75) is 13.3 Å². The molecule has 0 spiro atoms. The maximum atomic E-state index is 12.5. The van der Waals surface area contributed by atoms with Gasteiger partial charge in [0.05, 0.1) is 0 Å². The summed E-state index contributed by atoms with van der Waals surface area (Å²) in [5.74, 6) is 0.290. The summed E-state index contributed by atoms with van der Waals surface area (Å²) in [6.45, 7) is 4.11. The second-order valence-electron chi connectivity index (χ2n) is 5.78. The number of amides is 1. The molecule has 1 saturated heterocycles. The average Bonchev–Trinajstić information content (AvgIpc) is 3.02. The lowest BCUT2D eigenvalue weighted by Crippen LogP contribution is -2.34. The summed E-state index contributed by atoms with van der Waals surface area (Å²) in [5.41, 5.74) is 6.47. The molecule has 1 atom stereocenters. The Balaban J connectivity index is 0.00000161. The number of nitrogens with zero attached hydrogens (tertiary/aromatic N) is 1. The smallest absolute Gasteiger partial charge is 0.289 e. The van der Waals surface area contributed by atoms with E-state index in [2.05, 4.69) is 6.92 Å². The van der Waals surface area contributed by atoms with Crippen LogP contribution in [-0.4, -0.2) is 30.4 Å². The number of halogens is 2. The van der Waals surface area contributed by atoms with Crippen LogP contribution < -0.4 is 5.73 Å². The lowest BCUT2D eigenvalue weighted by Gasteiger charge is -2.21. The number of likely N-dealkylation sites (tertiary alicyclic amines) is 1. The Hall–Kier alpha value is -1.23. The van der Waals surface area contributed by atoms with E-state index in [0.29, 0.717) is 29.5 Å². The van der Waals surface area contributed by atoms with E-state index in [4.69, 9.17) is 21.8 Å². The van der Waals surface area contributed by atoms with Crippen molar-refractivity contribution >= 4 is 40.9 Å². The molecule has 0 aliphatic carbocycles. The summed E-state index contributed by atoms with van der Waals surface area (Å²) in [6.07, 6.45) is 0.932. The molecule has 2 aromatic rings. The summed E-state index contributed by atoms with van der Waals surface area (Å²) in [4.78, 5) is 14.3. The summed E-state index contributed by atoms with van der Waals surface area (Å²) < 4.78 is 5.62. The highest BCUT2D eigenvalue weighted by atomic mass is 35.5. The number of carbonyl (C=O) groups excluding carboxylic acids is 1. The van der Waals surface area contributed by atoms with Gasteiger partial charge in [-0.15, -0.1) is 12.4 Å². The summed E-state index contributed by atoms with van der Waals surface area (Å²) in [6, 6.07) is 7.08. The van der Waals surface area contributed by atoms with Crippen LogP contribution in [0.15, 0.2) is 28.7 Å². The molecule has 4 nitrogen and oxygen atoms in total. The fourth-order valence-corrected chi connectivity index (χ4v) is 2.82. The highest BCUT2D eigenvalue weighted by Crippen LogP contribution is 2.31. The van der Waals surface area contributed by atoms with Crippen LogP contribution in [-0.2, 0) is 0 Å². The summed E-state index contributed by atoms with van der Waals surface area (Å²) >= 11 is 5.94. The molecule has 1 aromatic heterocycles. The fourth-order valence-electron chi connectivity index (χ4n) is 2.64. The third-order valence-corrected chi connectivity index (χ3v) is 4.26. The lowest BCUT2D eigenvalue weighted by molar-refractivity contribution is 0.0747. The monoisotopic (exact) mass is 328 g/mol. The molecule has 0 saturated carbocycles. The van der Waals surface area contributed by atoms with E-state index in [1.807, 2.05) is 4.90 Å². The maximum absolute atomic E-state index is 12.5. The Morgan fingerprint density at radius 2 is 2.24 bits per heavy atom. The van der Waals surface area contributed by atoms with Gasteiger partial charge in [0, 0.05) is 23.5 Å². The number of nitrogens with two attached hydrogens (primary N) is 1. The Bertz CT molecular complexity index is 671. The van der Waals surface area contributed by atoms with Crippen molar-refractivity contribution < 1.29 is 9.21 Å². The zero-order valence-electron chi connectivity index (χ0n) is 11.8. The first-order chi connectivity index (χ1) is 9.50. The fraction of sp³-hybridized carbons (Fsp3) is 0.400. The number of fused-ring (bicyclic) bond motifs is 1. The standard InChI is InChI=1S/C15H17ClN2O2.ClH/c1-15(8-17)4-5-18(9-15)14(19)13-7-10-6-11(16)2-3-12(10)20-13;/h2-3,6-7H,4-5,8-9,17H2,1H3;1H. The second kappa shape index (κ2) is 5.87. The number of furan rings is 1. The maximum Gasteiger partial charge on any atom is 0.289 e. The van der Waals surface area contributed by atoms with Gasteiger partial charge in [-0.05, 0) is 42.6 Å².